The van der Waals surface area contributed by atoms with Crippen molar-refractivity contribution in [3.05, 3.63) is 82.4 Å². The maximum Gasteiger partial charge on any atom is 0.295 e. The molecule has 34 heavy (non-hydrogen) atoms. The van der Waals surface area contributed by atoms with Crippen LogP contribution in [-0.4, -0.2) is 60.4 Å². The minimum absolute atomic E-state index is 0.0238. The Balaban J connectivity index is 1.95. The molecule has 0 radical (unpaired) electrons. The predicted molar refractivity (Wildman–Crippen MR) is 134 cm³/mol. The number of nitrogens with zero attached hydrogens (tertiary/aromatic N) is 2. The molecule has 1 unspecified atom stereocenters. The monoisotopic (exact) mass is 478 g/mol. The smallest absolute Gasteiger partial charge is 0.295 e. The highest BCUT2D eigenvalue weighted by atomic mass is 35.5. The van der Waals surface area contributed by atoms with E-state index >= 15 is 0 Å². The van der Waals surface area contributed by atoms with Gasteiger partial charge in [-0.1, -0.05) is 54.1 Å². The largest absolute Gasteiger partial charge is 0.507 e. The van der Waals surface area contributed by atoms with Gasteiger partial charge in [0.2, 0.25) is 0 Å². The summed E-state index contributed by atoms with van der Waals surface area (Å²) in [6.45, 7) is 3.18. The summed E-state index contributed by atoms with van der Waals surface area (Å²) in [5.74, 6) is -1.17. The summed E-state index contributed by atoms with van der Waals surface area (Å²) in [5.41, 5.74) is 1.05. The van der Waals surface area contributed by atoms with Gasteiger partial charge in [-0.3, -0.25) is 9.59 Å². The van der Waals surface area contributed by atoms with Crippen LogP contribution >= 0.6 is 11.6 Å². The normalized spacial score (nSPS) is 17.7. The van der Waals surface area contributed by atoms with Gasteiger partial charge in [-0.05, 0) is 55.6 Å². The Kier molecular flexibility index (Phi) is 6.91. The number of ketones is 1. The van der Waals surface area contributed by atoms with Gasteiger partial charge in [-0.2, -0.15) is 0 Å². The van der Waals surface area contributed by atoms with E-state index in [1.165, 1.54) is 4.90 Å². The van der Waals surface area contributed by atoms with Gasteiger partial charge in [0.15, 0.2) is 0 Å². The van der Waals surface area contributed by atoms with Crippen LogP contribution in [0.2, 0.25) is 5.02 Å². The number of hydrogen-bond donors (Lipinski definition) is 1. The Morgan fingerprint density at radius 3 is 2.56 bits per heavy atom. The van der Waals surface area contributed by atoms with E-state index in [0.29, 0.717) is 25.4 Å². The van der Waals surface area contributed by atoms with E-state index in [1.54, 1.807) is 18.2 Å². The molecule has 3 aromatic rings. The van der Waals surface area contributed by atoms with Crippen molar-refractivity contribution in [1.82, 2.24) is 9.80 Å². The Morgan fingerprint density at radius 2 is 1.82 bits per heavy atom. The van der Waals surface area contributed by atoms with Crippen LogP contribution in [0.5, 0.6) is 5.75 Å². The minimum Gasteiger partial charge on any atom is -0.507 e. The highest BCUT2D eigenvalue weighted by molar-refractivity contribution is 6.47. The Labute approximate surface area is 204 Å². The fourth-order valence-corrected chi connectivity index (χ4v) is 4.53. The van der Waals surface area contributed by atoms with Gasteiger partial charge >= 0.3 is 0 Å². The molecule has 0 aliphatic carbocycles. The lowest BCUT2D eigenvalue weighted by Gasteiger charge is -2.27. The molecule has 176 valence electrons. The summed E-state index contributed by atoms with van der Waals surface area (Å²) in [4.78, 5) is 30.0. The van der Waals surface area contributed by atoms with E-state index in [9.17, 15) is 14.7 Å². The van der Waals surface area contributed by atoms with E-state index in [-0.39, 0.29) is 21.9 Å². The molecular formula is C27H27ClN2O4. The van der Waals surface area contributed by atoms with Crippen LogP contribution in [0.3, 0.4) is 0 Å². The van der Waals surface area contributed by atoms with Crippen LogP contribution in [-0.2, 0) is 9.59 Å². The molecular weight excluding hydrogens is 452 g/mol. The number of benzene rings is 3. The second-order valence-electron chi connectivity index (χ2n) is 8.44. The highest BCUT2D eigenvalue weighted by Gasteiger charge is 2.46. The molecule has 1 aliphatic heterocycles. The van der Waals surface area contributed by atoms with Crippen LogP contribution in [0.25, 0.3) is 16.5 Å². The van der Waals surface area contributed by atoms with E-state index in [0.717, 1.165) is 16.3 Å². The number of fused-ring (bicyclic) bond motifs is 1. The Bertz CT molecular complexity index is 1280. The summed E-state index contributed by atoms with van der Waals surface area (Å²) in [7, 11) is 3.81. The third-order valence-corrected chi connectivity index (χ3v) is 6.28. The topological polar surface area (TPSA) is 70.1 Å². The molecule has 0 bridgehead atoms. The highest BCUT2D eigenvalue weighted by Crippen LogP contribution is 2.43. The van der Waals surface area contributed by atoms with Crippen LogP contribution in [0.1, 0.15) is 24.1 Å². The standard InChI is InChI=1S/C27H27ClN2O4/c1-4-34-18-12-13-22(28)21(16-18)25(31)23-24(30(15-14-29(2)3)27(33)26(23)32)20-11-7-9-17-8-5-6-10-19(17)20/h5-13,16,24,31H,4,14-15H2,1-3H3/b25-23+. The number of likely N-dealkylation sites (N-methyl/N-ethyl adjacent to an activating group) is 1. The molecule has 1 fully saturated rings. The van der Waals surface area contributed by atoms with Crippen LogP contribution in [0.15, 0.2) is 66.2 Å². The molecule has 4 rings (SSSR count). The first-order valence-electron chi connectivity index (χ1n) is 11.2. The maximum absolute atomic E-state index is 13.3. The number of aliphatic hydroxyl groups excluding tert-OH is 1. The predicted octanol–water partition coefficient (Wildman–Crippen LogP) is 4.88. The second kappa shape index (κ2) is 9.87. The molecule has 1 saturated heterocycles. The van der Waals surface area contributed by atoms with Gasteiger partial charge in [0.1, 0.15) is 11.5 Å². The molecule has 1 N–H and O–H groups in total. The lowest BCUT2D eigenvalue weighted by atomic mass is 9.91. The molecule has 3 aromatic carbocycles. The van der Waals surface area contributed by atoms with Gasteiger partial charge < -0.3 is 19.6 Å². The van der Waals surface area contributed by atoms with Gasteiger partial charge in [0.05, 0.1) is 23.2 Å². The number of carbonyl (C=O) groups excluding carboxylic acids is 2. The van der Waals surface area contributed by atoms with Gasteiger partial charge in [-0.25, -0.2) is 0 Å². The van der Waals surface area contributed by atoms with Crippen molar-refractivity contribution >= 4 is 39.8 Å². The molecule has 0 saturated carbocycles. The van der Waals surface area contributed by atoms with Crippen molar-refractivity contribution in [3.63, 3.8) is 0 Å². The third kappa shape index (κ3) is 4.39. The van der Waals surface area contributed by atoms with Crippen LogP contribution in [0, 0.1) is 0 Å². The van der Waals surface area contributed by atoms with Gasteiger partial charge in [0.25, 0.3) is 11.7 Å². The first kappa shape index (κ1) is 23.8. The van der Waals surface area contributed by atoms with Crippen molar-refractivity contribution in [2.75, 3.05) is 33.8 Å². The average Bonchev–Trinajstić information content (AvgIpc) is 3.08. The summed E-state index contributed by atoms with van der Waals surface area (Å²) < 4.78 is 5.56. The number of Topliss-reactive ketones (excluding diaryl/α,β-unsaturated/α-hetero) is 1. The Morgan fingerprint density at radius 1 is 1.09 bits per heavy atom. The average molecular weight is 479 g/mol. The molecule has 6 nitrogen and oxygen atoms in total. The first-order chi connectivity index (χ1) is 16.3. The van der Waals surface area contributed by atoms with E-state index in [1.807, 2.05) is 68.4 Å². The third-order valence-electron chi connectivity index (χ3n) is 5.95. The van der Waals surface area contributed by atoms with Crippen LogP contribution in [0.4, 0.5) is 0 Å². The molecule has 1 amide bonds. The number of aliphatic hydroxyl groups is 1. The molecule has 1 aliphatic rings. The van der Waals surface area contributed by atoms with E-state index in [4.69, 9.17) is 16.3 Å². The molecule has 7 heteroatoms. The molecule has 0 spiro atoms. The lowest BCUT2D eigenvalue weighted by molar-refractivity contribution is -0.140. The second-order valence-corrected chi connectivity index (χ2v) is 8.85. The number of hydrogen-bond acceptors (Lipinski definition) is 5. The van der Waals surface area contributed by atoms with Gasteiger partial charge in [-0.15, -0.1) is 0 Å². The van der Waals surface area contributed by atoms with Crippen molar-refractivity contribution in [2.24, 2.45) is 0 Å². The summed E-state index contributed by atoms with van der Waals surface area (Å²) >= 11 is 6.42. The molecule has 1 heterocycles. The quantitative estimate of drug-likeness (QED) is 0.298. The number of carbonyl (C=O) groups is 2. The number of amides is 1. The number of rotatable bonds is 7. The Hall–Kier alpha value is -3.35. The maximum atomic E-state index is 13.3. The number of halogens is 1. The van der Waals surface area contributed by atoms with Crippen molar-refractivity contribution < 1.29 is 19.4 Å². The SMILES string of the molecule is CCOc1ccc(Cl)c(/C(O)=C2\C(=O)C(=O)N(CCN(C)C)C2c2cccc3ccccc23)c1. The summed E-state index contributed by atoms with van der Waals surface area (Å²) in [5, 5.41) is 13.6. The van der Waals surface area contributed by atoms with Crippen molar-refractivity contribution in [2.45, 2.75) is 13.0 Å². The zero-order valence-corrected chi connectivity index (χ0v) is 20.2. The van der Waals surface area contributed by atoms with Crippen molar-refractivity contribution in [3.8, 4) is 5.75 Å². The first-order valence-corrected chi connectivity index (χ1v) is 11.5. The lowest BCUT2D eigenvalue weighted by Crippen LogP contribution is -2.35. The van der Waals surface area contributed by atoms with Crippen LogP contribution < -0.4 is 4.74 Å². The molecule has 0 aromatic heterocycles. The zero-order valence-electron chi connectivity index (χ0n) is 19.4. The number of ether oxygens (including phenoxy) is 1. The summed E-state index contributed by atoms with van der Waals surface area (Å²) in [6, 6.07) is 17.7. The molecule has 1 atom stereocenters. The zero-order chi connectivity index (χ0) is 24.4. The van der Waals surface area contributed by atoms with E-state index in [2.05, 4.69) is 0 Å². The van der Waals surface area contributed by atoms with Gasteiger partial charge in [0, 0.05) is 18.7 Å². The fraction of sp³-hybridized carbons (Fsp3) is 0.259. The number of likely N-dealkylation sites (tertiary alicyclic amines) is 1. The van der Waals surface area contributed by atoms with E-state index < -0.39 is 17.7 Å². The summed E-state index contributed by atoms with van der Waals surface area (Å²) in [6.07, 6.45) is 0. The minimum atomic E-state index is -0.752. The fourth-order valence-electron chi connectivity index (χ4n) is 4.32. The van der Waals surface area contributed by atoms with Crippen molar-refractivity contribution in [1.29, 1.82) is 0 Å².